The van der Waals surface area contributed by atoms with E-state index in [1.807, 2.05) is 48.1 Å². The highest BCUT2D eigenvalue weighted by Gasteiger charge is 2.08. The average Bonchev–Trinajstić information content (AvgIpc) is 3.23. The molecule has 0 saturated carbocycles. The molecule has 0 aliphatic carbocycles. The number of rotatable bonds is 6. The van der Waals surface area contributed by atoms with Gasteiger partial charge in [0, 0.05) is 24.1 Å². The Balaban J connectivity index is 1.49. The van der Waals surface area contributed by atoms with Gasteiger partial charge in [0.05, 0.1) is 13.1 Å². The predicted octanol–water partition coefficient (Wildman–Crippen LogP) is 1.73. The number of hydrogen-bond donors (Lipinski definition) is 2. The Labute approximate surface area is 139 Å². The van der Waals surface area contributed by atoms with E-state index >= 15 is 0 Å². The monoisotopic (exact) mass is 325 g/mol. The van der Waals surface area contributed by atoms with Crippen LogP contribution in [-0.2, 0) is 13.1 Å². The van der Waals surface area contributed by atoms with Crippen LogP contribution in [0, 0.1) is 0 Å². The van der Waals surface area contributed by atoms with Crippen LogP contribution in [0.4, 0.5) is 10.5 Å². The van der Waals surface area contributed by atoms with Crippen molar-refractivity contribution in [2.45, 2.75) is 26.1 Å². The number of carbonyl (C=O) groups is 1. The van der Waals surface area contributed by atoms with Crippen molar-refractivity contribution in [1.82, 2.24) is 29.9 Å². The molecule has 24 heavy (non-hydrogen) atoms. The molecule has 0 radical (unpaired) electrons. The molecule has 1 aromatic carbocycles. The number of urea groups is 1. The van der Waals surface area contributed by atoms with E-state index < -0.39 is 0 Å². The van der Waals surface area contributed by atoms with Crippen molar-refractivity contribution in [3.8, 4) is 0 Å². The normalized spacial score (nSPS) is 11.9. The van der Waals surface area contributed by atoms with E-state index in [9.17, 15) is 4.79 Å². The molecule has 8 nitrogen and oxygen atoms in total. The van der Waals surface area contributed by atoms with Crippen LogP contribution in [0.2, 0.25) is 0 Å². The third-order valence-electron chi connectivity index (χ3n) is 3.42. The first-order valence-corrected chi connectivity index (χ1v) is 7.65. The van der Waals surface area contributed by atoms with Crippen molar-refractivity contribution in [1.29, 1.82) is 0 Å². The summed E-state index contributed by atoms with van der Waals surface area (Å²) in [4.78, 5) is 15.9. The van der Waals surface area contributed by atoms with Crippen molar-refractivity contribution in [2.24, 2.45) is 0 Å². The summed E-state index contributed by atoms with van der Waals surface area (Å²) in [5.74, 6) is 0. The molecule has 0 aliphatic rings. The van der Waals surface area contributed by atoms with Crippen LogP contribution in [0.25, 0.3) is 0 Å². The molecular weight excluding hydrogens is 306 g/mol. The van der Waals surface area contributed by atoms with Crippen LogP contribution in [0.15, 0.2) is 55.4 Å². The van der Waals surface area contributed by atoms with Gasteiger partial charge < -0.3 is 10.6 Å². The molecule has 2 aromatic heterocycles. The maximum Gasteiger partial charge on any atom is 0.319 e. The Hall–Kier alpha value is -3.16. The van der Waals surface area contributed by atoms with Crippen LogP contribution in [0.1, 0.15) is 12.5 Å². The van der Waals surface area contributed by atoms with Gasteiger partial charge in [-0.1, -0.05) is 12.1 Å². The minimum absolute atomic E-state index is 0.0641. The fourth-order valence-electron chi connectivity index (χ4n) is 2.32. The smallest absolute Gasteiger partial charge is 0.319 e. The summed E-state index contributed by atoms with van der Waals surface area (Å²) >= 11 is 0. The molecule has 0 bridgehead atoms. The van der Waals surface area contributed by atoms with Crippen molar-refractivity contribution in [3.05, 3.63) is 60.9 Å². The fourth-order valence-corrected chi connectivity index (χ4v) is 2.32. The Kier molecular flexibility index (Phi) is 4.85. The molecule has 3 aromatic rings. The number of nitrogens with zero attached hydrogens (tertiary/aromatic N) is 5. The summed E-state index contributed by atoms with van der Waals surface area (Å²) in [6.45, 7) is 3.18. The summed E-state index contributed by atoms with van der Waals surface area (Å²) in [5, 5.41) is 13.9. The molecule has 3 rings (SSSR count). The van der Waals surface area contributed by atoms with Gasteiger partial charge in [0.25, 0.3) is 0 Å². The third kappa shape index (κ3) is 4.42. The lowest BCUT2D eigenvalue weighted by Gasteiger charge is -2.14. The number of anilines is 1. The summed E-state index contributed by atoms with van der Waals surface area (Å²) in [6, 6.07) is 9.27. The molecule has 0 saturated heterocycles. The molecule has 2 heterocycles. The SMILES string of the molecule is C[C@H](Cn1cncn1)NC(=O)Nc1ccc(Cn2cccn2)cc1. The van der Waals surface area contributed by atoms with Crippen LogP contribution < -0.4 is 10.6 Å². The van der Waals surface area contributed by atoms with Gasteiger partial charge in [-0.15, -0.1) is 0 Å². The van der Waals surface area contributed by atoms with E-state index in [0.29, 0.717) is 13.1 Å². The Morgan fingerprint density at radius 1 is 1.21 bits per heavy atom. The third-order valence-corrected chi connectivity index (χ3v) is 3.42. The van der Waals surface area contributed by atoms with Crippen molar-refractivity contribution in [3.63, 3.8) is 0 Å². The Bertz CT molecular complexity index is 750. The van der Waals surface area contributed by atoms with Crippen molar-refractivity contribution >= 4 is 11.7 Å². The van der Waals surface area contributed by atoms with Gasteiger partial charge in [-0.2, -0.15) is 10.2 Å². The van der Waals surface area contributed by atoms with E-state index in [4.69, 9.17) is 0 Å². The fraction of sp³-hybridized carbons (Fsp3) is 0.250. The zero-order valence-electron chi connectivity index (χ0n) is 13.3. The Morgan fingerprint density at radius 3 is 2.71 bits per heavy atom. The molecule has 8 heteroatoms. The minimum Gasteiger partial charge on any atom is -0.334 e. The second kappa shape index (κ2) is 7.40. The minimum atomic E-state index is -0.248. The largest absolute Gasteiger partial charge is 0.334 e. The van der Waals surface area contributed by atoms with E-state index in [-0.39, 0.29) is 12.1 Å². The molecule has 124 valence electrons. The number of hydrogen-bond acceptors (Lipinski definition) is 4. The maximum absolute atomic E-state index is 12.0. The molecule has 2 N–H and O–H groups in total. The van der Waals surface area contributed by atoms with Gasteiger partial charge in [-0.05, 0) is 30.7 Å². The van der Waals surface area contributed by atoms with Gasteiger partial charge in [0.2, 0.25) is 0 Å². The van der Waals surface area contributed by atoms with Gasteiger partial charge in [-0.25, -0.2) is 9.78 Å². The standard InChI is InChI=1S/C16H19N7O/c1-13(9-23-12-17-11-19-23)20-16(24)21-15-5-3-14(4-6-15)10-22-8-2-7-18-22/h2-8,11-13H,9-10H2,1H3,(H2,20,21,24)/t13-/m1/s1. The van der Waals surface area contributed by atoms with E-state index in [1.54, 1.807) is 17.2 Å². The number of amides is 2. The van der Waals surface area contributed by atoms with Crippen LogP contribution >= 0.6 is 0 Å². The van der Waals surface area contributed by atoms with Crippen molar-refractivity contribution in [2.75, 3.05) is 5.32 Å². The first-order chi connectivity index (χ1) is 11.7. The summed E-state index contributed by atoms with van der Waals surface area (Å²) in [7, 11) is 0. The molecule has 0 aliphatic heterocycles. The van der Waals surface area contributed by atoms with Crippen molar-refractivity contribution < 1.29 is 4.79 Å². The van der Waals surface area contributed by atoms with Crippen LogP contribution in [0.5, 0.6) is 0 Å². The summed E-state index contributed by atoms with van der Waals surface area (Å²) in [6.07, 6.45) is 6.75. The molecule has 1 atom stereocenters. The summed E-state index contributed by atoms with van der Waals surface area (Å²) in [5.41, 5.74) is 1.86. The van der Waals surface area contributed by atoms with E-state index in [0.717, 1.165) is 11.3 Å². The second-order valence-electron chi connectivity index (χ2n) is 5.52. The number of carbonyl (C=O) groups excluding carboxylic acids is 1. The van der Waals surface area contributed by atoms with Gasteiger partial charge >= 0.3 is 6.03 Å². The lowest BCUT2D eigenvalue weighted by molar-refractivity contribution is 0.247. The first-order valence-electron chi connectivity index (χ1n) is 7.65. The highest BCUT2D eigenvalue weighted by molar-refractivity contribution is 5.89. The number of benzene rings is 1. The van der Waals surface area contributed by atoms with Crippen LogP contribution in [0.3, 0.4) is 0 Å². The van der Waals surface area contributed by atoms with Gasteiger partial charge in [-0.3, -0.25) is 9.36 Å². The zero-order valence-corrected chi connectivity index (χ0v) is 13.3. The molecular formula is C16H19N7O. The zero-order chi connectivity index (χ0) is 16.8. The molecule has 0 unspecified atom stereocenters. The molecule has 2 amide bonds. The Morgan fingerprint density at radius 2 is 2.04 bits per heavy atom. The topological polar surface area (TPSA) is 89.7 Å². The highest BCUT2D eigenvalue weighted by atomic mass is 16.2. The first kappa shape index (κ1) is 15.7. The van der Waals surface area contributed by atoms with E-state index in [1.165, 1.54) is 6.33 Å². The summed E-state index contributed by atoms with van der Waals surface area (Å²) < 4.78 is 3.52. The van der Waals surface area contributed by atoms with E-state index in [2.05, 4.69) is 25.8 Å². The lowest BCUT2D eigenvalue weighted by Crippen LogP contribution is -2.38. The number of aromatic nitrogens is 5. The number of nitrogens with one attached hydrogen (secondary N) is 2. The molecule has 0 spiro atoms. The van der Waals surface area contributed by atoms with Crippen LogP contribution in [-0.4, -0.2) is 36.6 Å². The van der Waals surface area contributed by atoms with Gasteiger partial charge in [0.15, 0.2) is 0 Å². The second-order valence-corrected chi connectivity index (χ2v) is 5.52. The molecule has 0 fully saturated rings. The maximum atomic E-state index is 12.0. The highest BCUT2D eigenvalue weighted by Crippen LogP contribution is 2.10. The average molecular weight is 325 g/mol. The van der Waals surface area contributed by atoms with Gasteiger partial charge in [0.1, 0.15) is 12.7 Å². The quantitative estimate of drug-likeness (QED) is 0.722. The predicted molar refractivity (Wildman–Crippen MR) is 89.4 cm³/mol. The lowest BCUT2D eigenvalue weighted by atomic mass is 10.2.